The number of halogens is 1. The van der Waals surface area contributed by atoms with Crippen molar-refractivity contribution in [1.29, 1.82) is 0 Å². The number of ether oxygens (including phenoxy) is 1. The maximum Gasteiger partial charge on any atom is 0.257 e. The summed E-state index contributed by atoms with van der Waals surface area (Å²) in [5, 5.41) is 9.84. The zero-order chi connectivity index (χ0) is 27.6. The zero-order valence-electron chi connectivity index (χ0n) is 22.5. The predicted molar refractivity (Wildman–Crippen MR) is 143 cm³/mol. The van der Waals surface area contributed by atoms with Gasteiger partial charge in [-0.1, -0.05) is 19.4 Å². The van der Waals surface area contributed by atoms with E-state index in [0.29, 0.717) is 41.5 Å². The standard InChI is InChI=1S/C29H38FN5O4/c1-29(8-2-9-29)18-34-10-5-19(6-11-34)17-39-26-16-32-24(15-33-26)20-3-4-22(23(30)13-20)28(38)35-12-7-21(36)14-25(35)27(31)37/h3-4,13,15-16,19,21,25,36H,2,5-12,14,17-18H2,1H3,(H2,31,37). The molecule has 39 heavy (non-hydrogen) atoms. The van der Waals surface area contributed by atoms with Crippen LogP contribution in [0.15, 0.2) is 30.6 Å². The molecule has 2 aromatic rings. The van der Waals surface area contributed by atoms with Gasteiger partial charge in [0.05, 0.1) is 36.4 Å². The number of hydrogen-bond acceptors (Lipinski definition) is 7. The first-order valence-corrected chi connectivity index (χ1v) is 14.0. The molecule has 5 rings (SSSR count). The number of hydrogen-bond donors (Lipinski definition) is 2. The van der Waals surface area contributed by atoms with E-state index in [1.807, 2.05) is 0 Å². The highest BCUT2D eigenvalue weighted by Gasteiger charge is 2.36. The predicted octanol–water partition coefficient (Wildman–Crippen LogP) is 3.01. The first-order valence-electron chi connectivity index (χ1n) is 14.0. The number of nitrogens with zero attached hydrogens (tertiary/aromatic N) is 4. The Morgan fingerprint density at radius 3 is 2.54 bits per heavy atom. The number of primary amides is 1. The largest absolute Gasteiger partial charge is 0.476 e. The lowest BCUT2D eigenvalue weighted by molar-refractivity contribution is -0.125. The molecule has 1 aliphatic carbocycles. The van der Waals surface area contributed by atoms with Crippen LogP contribution in [0.5, 0.6) is 5.88 Å². The van der Waals surface area contributed by atoms with Crippen molar-refractivity contribution >= 4 is 11.8 Å². The number of piperidine rings is 2. The third-order valence-corrected chi connectivity index (χ3v) is 8.63. The Labute approximate surface area is 228 Å². The van der Waals surface area contributed by atoms with E-state index in [0.717, 1.165) is 25.9 Å². The molecule has 2 aliphatic heterocycles. The van der Waals surface area contributed by atoms with Crippen LogP contribution < -0.4 is 10.5 Å². The Hall–Kier alpha value is -3.11. The Morgan fingerprint density at radius 1 is 1.15 bits per heavy atom. The van der Waals surface area contributed by atoms with Gasteiger partial charge in [0, 0.05) is 25.1 Å². The van der Waals surface area contributed by atoms with Crippen LogP contribution in [0, 0.1) is 17.2 Å². The fraction of sp³-hybridized carbons (Fsp3) is 0.586. The number of aliphatic hydroxyl groups is 1. The summed E-state index contributed by atoms with van der Waals surface area (Å²) in [5.74, 6) is -1.16. The lowest BCUT2D eigenvalue weighted by Gasteiger charge is -2.44. The molecule has 0 radical (unpaired) electrons. The number of likely N-dealkylation sites (tertiary alicyclic amines) is 2. The second-order valence-corrected chi connectivity index (χ2v) is 11.7. The van der Waals surface area contributed by atoms with Crippen LogP contribution in [0.2, 0.25) is 0 Å². The van der Waals surface area contributed by atoms with Gasteiger partial charge in [0.25, 0.3) is 5.91 Å². The lowest BCUT2D eigenvalue weighted by Crippen LogP contribution is -2.53. The quantitative estimate of drug-likeness (QED) is 0.529. The SMILES string of the molecule is CC1(CN2CCC(COc3cnc(-c4ccc(C(=O)N5CCC(O)CC5C(N)=O)c(F)c4)cn3)CC2)CCC1. The van der Waals surface area contributed by atoms with Crippen molar-refractivity contribution < 1.29 is 23.8 Å². The van der Waals surface area contributed by atoms with Crippen molar-refractivity contribution in [1.82, 2.24) is 19.8 Å². The number of carbonyl (C=O) groups is 2. The monoisotopic (exact) mass is 539 g/mol. The molecule has 1 aromatic carbocycles. The Bertz CT molecular complexity index is 1180. The molecule has 210 valence electrons. The van der Waals surface area contributed by atoms with Crippen LogP contribution in [0.25, 0.3) is 11.3 Å². The molecule has 3 fully saturated rings. The van der Waals surface area contributed by atoms with Crippen LogP contribution in [0.1, 0.15) is 62.2 Å². The first kappa shape index (κ1) is 27.5. The second-order valence-electron chi connectivity index (χ2n) is 11.7. The third-order valence-electron chi connectivity index (χ3n) is 8.63. The van der Waals surface area contributed by atoms with E-state index < -0.39 is 29.8 Å². The highest BCUT2D eigenvalue weighted by atomic mass is 19.1. The molecule has 3 aliphatic rings. The summed E-state index contributed by atoms with van der Waals surface area (Å²) >= 11 is 0. The molecule has 3 heterocycles. The third kappa shape index (κ3) is 6.38. The van der Waals surface area contributed by atoms with Crippen LogP contribution in [0.4, 0.5) is 4.39 Å². The summed E-state index contributed by atoms with van der Waals surface area (Å²) in [4.78, 5) is 37.3. The maximum absolute atomic E-state index is 15.0. The van der Waals surface area contributed by atoms with Crippen LogP contribution in [-0.4, -0.2) is 81.6 Å². The minimum atomic E-state index is -0.970. The zero-order valence-corrected chi connectivity index (χ0v) is 22.5. The molecule has 0 bridgehead atoms. The number of rotatable bonds is 8. The van der Waals surface area contributed by atoms with E-state index in [9.17, 15) is 14.7 Å². The van der Waals surface area contributed by atoms with Gasteiger partial charge in [-0.15, -0.1) is 0 Å². The number of nitrogens with two attached hydrogens (primary N) is 1. The highest BCUT2D eigenvalue weighted by Crippen LogP contribution is 2.41. The summed E-state index contributed by atoms with van der Waals surface area (Å²) in [6, 6.07) is 3.23. The first-order chi connectivity index (χ1) is 18.7. The lowest BCUT2D eigenvalue weighted by atomic mass is 9.70. The Morgan fingerprint density at radius 2 is 1.92 bits per heavy atom. The van der Waals surface area contributed by atoms with Crippen molar-refractivity contribution in [2.75, 3.05) is 32.8 Å². The van der Waals surface area contributed by atoms with Crippen molar-refractivity contribution in [3.63, 3.8) is 0 Å². The number of benzene rings is 1. The van der Waals surface area contributed by atoms with Gasteiger partial charge in [-0.2, -0.15) is 0 Å². The number of aliphatic hydroxyl groups excluding tert-OH is 1. The van der Waals surface area contributed by atoms with E-state index in [-0.39, 0.29) is 18.5 Å². The summed E-state index contributed by atoms with van der Waals surface area (Å²) in [6.45, 7) is 6.56. The molecule has 2 unspecified atom stereocenters. The number of carbonyl (C=O) groups excluding carboxylic acids is 2. The maximum atomic E-state index is 15.0. The fourth-order valence-electron chi connectivity index (χ4n) is 5.99. The molecule has 3 N–H and O–H groups in total. The smallest absolute Gasteiger partial charge is 0.257 e. The van der Waals surface area contributed by atoms with Crippen molar-refractivity contribution in [3.8, 4) is 17.1 Å². The molecule has 1 aromatic heterocycles. The molecular weight excluding hydrogens is 501 g/mol. The molecule has 10 heteroatoms. The molecule has 0 spiro atoms. The van der Waals surface area contributed by atoms with E-state index in [2.05, 4.69) is 21.8 Å². The minimum absolute atomic E-state index is 0.0451. The Kier molecular flexibility index (Phi) is 8.13. The molecular formula is C29H38FN5O4. The van der Waals surface area contributed by atoms with Crippen molar-refractivity contribution in [2.45, 2.75) is 64.0 Å². The number of amides is 2. The minimum Gasteiger partial charge on any atom is -0.476 e. The Balaban J connectivity index is 1.14. The molecule has 2 saturated heterocycles. The van der Waals surface area contributed by atoms with Crippen LogP contribution >= 0.6 is 0 Å². The van der Waals surface area contributed by atoms with E-state index in [1.165, 1.54) is 55.2 Å². The molecule has 1 saturated carbocycles. The fourth-order valence-corrected chi connectivity index (χ4v) is 5.99. The van der Waals surface area contributed by atoms with Gasteiger partial charge >= 0.3 is 0 Å². The van der Waals surface area contributed by atoms with Crippen molar-refractivity contribution in [2.24, 2.45) is 17.1 Å². The van der Waals surface area contributed by atoms with E-state index >= 15 is 4.39 Å². The van der Waals surface area contributed by atoms with Gasteiger partial charge in [-0.3, -0.25) is 9.59 Å². The van der Waals surface area contributed by atoms with E-state index in [1.54, 1.807) is 6.07 Å². The van der Waals surface area contributed by atoms with Gasteiger partial charge < -0.3 is 25.4 Å². The van der Waals surface area contributed by atoms with Gasteiger partial charge in [0.1, 0.15) is 11.9 Å². The van der Waals surface area contributed by atoms with E-state index in [4.69, 9.17) is 10.5 Å². The highest BCUT2D eigenvalue weighted by molar-refractivity contribution is 5.98. The number of aromatic nitrogens is 2. The summed E-state index contributed by atoms with van der Waals surface area (Å²) in [5.41, 5.74) is 6.69. The van der Waals surface area contributed by atoms with Crippen LogP contribution in [0.3, 0.4) is 0 Å². The average molecular weight is 540 g/mol. The van der Waals surface area contributed by atoms with Gasteiger partial charge in [0.2, 0.25) is 11.8 Å². The average Bonchev–Trinajstić information content (AvgIpc) is 2.91. The summed E-state index contributed by atoms with van der Waals surface area (Å²) in [6.07, 6.45) is 8.99. The van der Waals surface area contributed by atoms with Gasteiger partial charge in [-0.05, 0) is 68.7 Å². The molecule has 9 nitrogen and oxygen atoms in total. The van der Waals surface area contributed by atoms with Crippen molar-refractivity contribution in [3.05, 3.63) is 42.0 Å². The topological polar surface area (TPSA) is 122 Å². The van der Waals surface area contributed by atoms with Gasteiger partial charge in [-0.25, -0.2) is 14.4 Å². The molecule has 2 atom stereocenters. The summed E-state index contributed by atoms with van der Waals surface area (Å²) in [7, 11) is 0. The summed E-state index contributed by atoms with van der Waals surface area (Å²) < 4.78 is 20.9. The molecule has 2 amide bonds. The van der Waals surface area contributed by atoms with Gasteiger partial charge in [0.15, 0.2) is 0 Å². The van der Waals surface area contributed by atoms with Crippen LogP contribution in [-0.2, 0) is 4.79 Å². The second kappa shape index (κ2) is 11.6. The normalized spacial score (nSPS) is 23.7.